The number of fused-ring (bicyclic) bond motifs is 3. The highest BCUT2D eigenvalue weighted by Crippen LogP contribution is 2.44. The molecule has 5 heterocycles. The van der Waals surface area contributed by atoms with E-state index in [9.17, 15) is 26.3 Å². The van der Waals surface area contributed by atoms with Gasteiger partial charge in [-0.05, 0) is 12.1 Å². The van der Waals surface area contributed by atoms with Crippen molar-refractivity contribution in [3.8, 4) is 22.6 Å². The van der Waals surface area contributed by atoms with Crippen LogP contribution < -0.4 is 5.32 Å². The first-order chi connectivity index (χ1) is 16.5. The van der Waals surface area contributed by atoms with E-state index in [4.69, 9.17) is 11.6 Å². The molecular formula is C20H15ClF6N8. The standard InChI is InChI=1S/C20H15ClF6N8/c1-33-16(2-3-29-33)30-15-5-12(13(21)6-28-15)10-4-14-17-31-32-18(19(23,24)20(25,26)27)35(17)9-11(22)8-34(14)7-10/h2-7,11H,8-9H2,1H3,(H,28,30)/t11-/m0/s1. The topological polar surface area (TPSA) is 78.4 Å². The molecule has 0 fully saturated rings. The van der Waals surface area contributed by atoms with E-state index < -0.39 is 30.6 Å². The van der Waals surface area contributed by atoms with E-state index in [2.05, 4.69) is 25.6 Å². The molecule has 0 spiro atoms. The van der Waals surface area contributed by atoms with Crippen LogP contribution in [0.3, 0.4) is 0 Å². The number of anilines is 2. The van der Waals surface area contributed by atoms with Crippen LogP contribution in [0.4, 0.5) is 38.0 Å². The second-order valence-corrected chi connectivity index (χ2v) is 8.32. The maximum Gasteiger partial charge on any atom is 0.461 e. The molecule has 184 valence electrons. The molecule has 1 N–H and O–H groups in total. The van der Waals surface area contributed by atoms with Gasteiger partial charge in [-0.25, -0.2) is 9.37 Å². The first-order valence-electron chi connectivity index (χ1n) is 10.1. The largest absolute Gasteiger partial charge is 0.461 e. The zero-order valence-electron chi connectivity index (χ0n) is 17.7. The van der Waals surface area contributed by atoms with Crippen molar-refractivity contribution in [2.45, 2.75) is 31.4 Å². The Balaban J connectivity index is 1.58. The third-order valence-electron chi connectivity index (χ3n) is 5.53. The van der Waals surface area contributed by atoms with Crippen molar-refractivity contribution < 1.29 is 26.3 Å². The number of alkyl halides is 6. The molecule has 35 heavy (non-hydrogen) atoms. The quantitative estimate of drug-likeness (QED) is 0.389. The van der Waals surface area contributed by atoms with Gasteiger partial charge in [-0.3, -0.25) is 4.68 Å². The van der Waals surface area contributed by atoms with Crippen molar-refractivity contribution >= 4 is 23.2 Å². The van der Waals surface area contributed by atoms with E-state index in [0.29, 0.717) is 27.3 Å². The maximum atomic E-state index is 14.7. The second kappa shape index (κ2) is 8.00. The monoisotopic (exact) mass is 516 g/mol. The molecular weight excluding hydrogens is 502 g/mol. The summed E-state index contributed by atoms with van der Waals surface area (Å²) in [6, 6.07) is 4.81. The summed E-state index contributed by atoms with van der Waals surface area (Å²) < 4.78 is 85.1. The van der Waals surface area contributed by atoms with Crippen LogP contribution in [-0.2, 0) is 26.1 Å². The van der Waals surface area contributed by atoms with Crippen LogP contribution in [0.5, 0.6) is 0 Å². The Bertz CT molecular complexity index is 1400. The molecule has 5 rings (SSSR count). The van der Waals surface area contributed by atoms with Gasteiger partial charge in [0.1, 0.15) is 17.8 Å². The van der Waals surface area contributed by atoms with Gasteiger partial charge < -0.3 is 14.5 Å². The summed E-state index contributed by atoms with van der Waals surface area (Å²) in [6.07, 6.45) is -3.19. The summed E-state index contributed by atoms with van der Waals surface area (Å²) in [6.45, 7) is -1.05. The van der Waals surface area contributed by atoms with E-state index in [1.165, 1.54) is 23.0 Å². The van der Waals surface area contributed by atoms with Crippen LogP contribution in [0.15, 0.2) is 36.8 Å². The van der Waals surface area contributed by atoms with Gasteiger partial charge in [0.15, 0.2) is 5.82 Å². The first-order valence-corrected chi connectivity index (χ1v) is 10.5. The predicted octanol–water partition coefficient (Wildman–Crippen LogP) is 4.94. The highest BCUT2D eigenvalue weighted by atomic mass is 35.5. The number of aryl methyl sites for hydroxylation is 1. The summed E-state index contributed by atoms with van der Waals surface area (Å²) in [7, 11) is 1.73. The number of aromatic nitrogens is 7. The Kier molecular flexibility index (Phi) is 5.30. The van der Waals surface area contributed by atoms with Crippen molar-refractivity contribution in [2.75, 3.05) is 5.32 Å². The molecule has 0 bridgehead atoms. The Morgan fingerprint density at radius 3 is 2.57 bits per heavy atom. The lowest BCUT2D eigenvalue weighted by molar-refractivity contribution is -0.293. The minimum atomic E-state index is -5.91. The van der Waals surface area contributed by atoms with Crippen LogP contribution in [-0.4, -0.2) is 46.4 Å². The van der Waals surface area contributed by atoms with Crippen molar-refractivity contribution in [3.05, 3.63) is 47.6 Å². The van der Waals surface area contributed by atoms with Gasteiger partial charge in [-0.1, -0.05) is 11.6 Å². The molecule has 4 aromatic rings. The lowest BCUT2D eigenvalue weighted by Gasteiger charge is -2.20. The predicted molar refractivity (Wildman–Crippen MR) is 113 cm³/mol. The van der Waals surface area contributed by atoms with Crippen molar-refractivity contribution in [1.29, 1.82) is 0 Å². The van der Waals surface area contributed by atoms with E-state index >= 15 is 0 Å². The number of rotatable bonds is 4. The fourth-order valence-corrected chi connectivity index (χ4v) is 4.06. The summed E-state index contributed by atoms with van der Waals surface area (Å²) >= 11 is 6.33. The molecule has 0 amide bonds. The van der Waals surface area contributed by atoms with Crippen LogP contribution in [0.1, 0.15) is 5.82 Å². The lowest BCUT2D eigenvalue weighted by atomic mass is 10.1. The molecule has 1 aliphatic heterocycles. The van der Waals surface area contributed by atoms with Gasteiger partial charge in [-0.15, -0.1) is 10.2 Å². The zero-order valence-corrected chi connectivity index (χ0v) is 18.5. The Morgan fingerprint density at radius 2 is 1.89 bits per heavy atom. The smallest absolute Gasteiger partial charge is 0.341 e. The average Bonchev–Trinajstić information content (AvgIpc) is 3.46. The van der Waals surface area contributed by atoms with Crippen LogP contribution in [0, 0.1) is 0 Å². The fraction of sp³-hybridized carbons (Fsp3) is 0.300. The van der Waals surface area contributed by atoms with Crippen molar-refractivity contribution in [1.82, 2.24) is 34.1 Å². The summed E-state index contributed by atoms with van der Waals surface area (Å²) in [4.78, 5) is 4.21. The molecule has 1 atom stereocenters. The maximum absolute atomic E-state index is 14.7. The molecule has 1 aliphatic rings. The first kappa shape index (κ1) is 23.2. The molecule has 0 saturated heterocycles. The third kappa shape index (κ3) is 3.90. The fourth-order valence-electron chi connectivity index (χ4n) is 3.85. The minimum absolute atomic E-state index is 0.117. The Morgan fingerprint density at radius 1 is 1.11 bits per heavy atom. The second-order valence-electron chi connectivity index (χ2n) is 7.91. The minimum Gasteiger partial charge on any atom is -0.341 e. The van der Waals surface area contributed by atoms with E-state index in [1.54, 1.807) is 30.1 Å². The van der Waals surface area contributed by atoms with Gasteiger partial charge in [0.2, 0.25) is 5.82 Å². The zero-order chi connectivity index (χ0) is 25.1. The summed E-state index contributed by atoms with van der Waals surface area (Å²) in [5, 5.41) is 14.0. The Hall–Kier alpha value is -3.55. The number of nitrogens with one attached hydrogen (secondary N) is 1. The lowest BCUT2D eigenvalue weighted by Crippen LogP contribution is -2.37. The van der Waals surface area contributed by atoms with Gasteiger partial charge in [0, 0.05) is 36.6 Å². The molecule has 4 aromatic heterocycles. The van der Waals surface area contributed by atoms with Crippen molar-refractivity contribution in [2.24, 2.45) is 7.05 Å². The molecule has 0 radical (unpaired) electrons. The van der Waals surface area contributed by atoms with Crippen LogP contribution in [0.25, 0.3) is 22.6 Å². The molecule has 8 nitrogen and oxygen atoms in total. The van der Waals surface area contributed by atoms with Gasteiger partial charge >= 0.3 is 12.1 Å². The Labute approximate surface area is 198 Å². The van der Waals surface area contributed by atoms with E-state index in [1.807, 2.05) is 0 Å². The van der Waals surface area contributed by atoms with E-state index in [0.717, 1.165) is 0 Å². The van der Waals surface area contributed by atoms with Gasteiger partial charge in [0.05, 0.1) is 30.0 Å². The molecule has 15 heteroatoms. The number of hydrogen-bond acceptors (Lipinski definition) is 5. The SMILES string of the molecule is Cn1nccc1Nc1cc(-c2cc3n(c2)C[C@H](F)Cn2c-3nnc2C(F)(F)C(F)(F)F)c(Cl)cn1. The number of halogens is 7. The number of nitrogens with zero attached hydrogens (tertiary/aromatic N) is 7. The highest BCUT2D eigenvalue weighted by Gasteiger charge is 2.62. The van der Waals surface area contributed by atoms with Crippen molar-refractivity contribution in [3.63, 3.8) is 0 Å². The van der Waals surface area contributed by atoms with E-state index in [-0.39, 0.29) is 23.1 Å². The van der Waals surface area contributed by atoms with Crippen LogP contribution >= 0.6 is 11.6 Å². The molecule has 0 saturated carbocycles. The number of hydrogen-bond donors (Lipinski definition) is 1. The summed E-state index contributed by atoms with van der Waals surface area (Å²) in [5.41, 5.74) is 1.04. The van der Waals surface area contributed by atoms with Crippen LogP contribution in [0.2, 0.25) is 5.02 Å². The molecule has 0 aliphatic carbocycles. The molecule has 0 aromatic carbocycles. The average molecular weight is 517 g/mol. The number of pyridine rings is 1. The van der Waals surface area contributed by atoms with Gasteiger partial charge in [0.25, 0.3) is 0 Å². The summed E-state index contributed by atoms with van der Waals surface area (Å²) in [5.74, 6) is -6.22. The molecule has 0 unspecified atom stereocenters. The highest BCUT2D eigenvalue weighted by molar-refractivity contribution is 6.33. The normalized spacial score (nSPS) is 16.1. The van der Waals surface area contributed by atoms with Gasteiger partial charge in [-0.2, -0.15) is 27.1 Å². The third-order valence-corrected chi connectivity index (χ3v) is 5.83.